The fourth-order valence-electron chi connectivity index (χ4n) is 3.16. The number of nitrogens with one attached hydrogen (secondary N) is 1. The highest BCUT2D eigenvalue weighted by Crippen LogP contribution is 2.40. The van der Waals surface area contributed by atoms with Gasteiger partial charge in [0.25, 0.3) is 0 Å². The van der Waals surface area contributed by atoms with Gasteiger partial charge >= 0.3 is 0 Å². The third-order valence-electron chi connectivity index (χ3n) is 4.22. The van der Waals surface area contributed by atoms with Gasteiger partial charge in [-0.3, -0.25) is 0 Å². The van der Waals surface area contributed by atoms with Crippen LogP contribution < -0.4 is 10.2 Å². The van der Waals surface area contributed by atoms with Gasteiger partial charge in [0.2, 0.25) is 0 Å². The quantitative estimate of drug-likeness (QED) is 0.929. The summed E-state index contributed by atoms with van der Waals surface area (Å²) in [5.74, 6) is 2.21. The topological polar surface area (TPSA) is 28.2 Å². The number of thioether (sulfide) groups is 1. The maximum atomic E-state index is 4.62. The number of nitrogens with zero attached hydrogens (tertiary/aromatic N) is 2. The molecule has 3 nitrogen and oxygen atoms in total. The number of hydrogen-bond donors (Lipinski definition) is 1. The summed E-state index contributed by atoms with van der Waals surface area (Å²) in [4.78, 5) is 8.42. The number of benzene rings is 1. The Hall–Kier alpha value is -1.68. The van der Waals surface area contributed by atoms with Gasteiger partial charge in [0, 0.05) is 29.9 Å². The van der Waals surface area contributed by atoms with Crippen molar-refractivity contribution in [3.63, 3.8) is 0 Å². The molecule has 2 aliphatic rings. The van der Waals surface area contributed by atoms with Crippen molar-refractivity contribution in [2.24, 2.45) is 0 Å². The highest BCUT2D eigenvalue weighted by Gasteiger charge is 2.24. The van der Waals surface area contributed by atoms with E-state index >= 15 is 0 Å². The van der Waals surface area contributed by atoms with E-state index in [1.54, 1.807) is 0 Å². The molecule has 21 heavy (non-hydrogen) atoms. The molecule has 1 saturated heterocycles. The van der Waals surface area contributed by atoms with Gasteiger partial charge in [-0.05, 0) is 36.6 Å². The molecule has 0 amide bonds. The second-order valence-corrected chi connectivity index (χ2v) is 6.68. The Kier molecular flexibility index (Phi) is 3.47. The van der Waals surface area contributed by atoms with E-state index in [9.17, 15) is 0 Å². The van der Waals surface area contributed by atoms with Gasteiger partial charge in [0.1, 0.15) is 0 Å². The van der Waals surface area contributed by atoms with Gasteiger partial charge in [0.15, 0.2) is 5.82 Å². The van der Waals surface area contributed by atoms with Crippen molar-refractivity contribution < 1.29 is 0 Å². The summed E-state index contributed by atoms with van der Waals surface area (Å²) in [6.45, 7) is 2.25. The molecular formula is C17H19N3S. The van der Waals surface area contributed by atoms with Gasteiger partial charge in [-0.2, -0.15) is 0 Å². The van der Waals surface area contributed by atoms with Crippen molar-refractivity contribution in [3.8, 4) is 0 Å². The molecule has 1 aromatic heterocycles. The number of aromatic nitrogens is 1. The third kappa shape index (κ3) is 2.48. The van der Waals surface area contributed by atoms with Crippen molar-refractivity contribution in [1.29, 1.82) is 0 Å². The van der Waals surface area contributed by atoms with Crippen LogP contribution in [0.4, 0.5) is 11.5 Å². The van der Waals surface area contributed by atoms with E-state index in [-0.39, 0.29) is 0 Å². The van der Waals surface area contributed by atoms with Crippen LogP contribution in [0.2, 0.25) is 0 Å². The maximum absolute atomic E-state index is 4.62. The lowest BCUT2D eigenvalue weighted by atomic mass is 10.1. The molecular weight excluding hydrogens is 278 g/mol. The zero-order chi connectivity index (χ0) is 14.1. The number of fused-ring (bicyclic) bond motifs is 1. The van der Waals surface area contributed by atoms with Gasteiger partial charge < -0.3 is 10.2 Å². The van der Waals surface area contributed by atoms with Crippen LogP contribution in [0.3, 0.4) is 0 Å². The van der Waals surface area contributed by atoms with Crippen LogP contribution in [0.15, 0.2) is 47.5 Å². The standard InChI is InChI=1S/C17H19N3S/c1-2-8-16-13(6-1)15(12-21-16)19-14-7-5-9-18-17(14)20-10-3-4-11-20/h1-2,5-9,15,19H,3-4,10-12H2. The first-order valence-electron chi connectivity index (χ1n) is 7.60. The van der Waals surface area contributed by atoms with Gasteiger partial charge in [-0.1, -0.05) is 18.2 Å². The average molecular weight is 297 g/mol. The summed E-state index contributed by atoms with van der Waals surface area (Å²) in [5, 5.41) is 3.72. The van der Waals surface area contributed by atoms with E-state index < -0.39 is 0 Å². The minimum atomic E-state index is 0.386. The number of rotatable bonds is 3. The lowest BCUT2D eigenvalue weighted by molar-refractivity contribution is 0.883. The molecule has 0 bridgehead atoms. The minimum Gasteiger partial charge on any atom is -0.374 e. The Balaban J connectivity index is 1.61. The first kappa shape index (κ1) is 13.0. The highest BCUT2D eigenvalue weighted by molar-refractivity contribution is 7.99. The zero-order valence-electron chi connectivity index (χ0n) is 12.0. The van der Waals surface area contributed by atoms with Crippen LogP contribution in [0.5, 0.6) is 0 Å². The van der Waals surface area contributed by atoms with Gasteiger partial charge in [0.05, 0.1) is 11.7 Å². The van der Waals surface area contributed by atoms with Crippen LogP contribution >= 0.6 is 11.8 Å². The summed E-state index contributed by atoms with van der Waals surface area (Å²) in [6, 6.07) is 13.3. The fraction of sp³-hybridized carbons (Fsp3) is 0.353. The van der Waals surface area contributed by atoms with E-state index in [1.807, 2.05) is 24.0 Å². The molecule has 1 fully saturated rings. The normalized spacial score (nSPS) is 20.6. The largest absolute Gasteiger partial charge is 0.374 e. The lowest BCUT2D eigenvalue weighted by Gasteiger charge is -2.23. The minimum absolute atomic E-state index is 0.386. The van der Waals surface area contributed by atoms with E-state index in [0.717, 1.165) is 24.7 Å². The Morgan fingerprint density at radius 2 is 1.95 bits per heavy atom. The molecule has 1 N–H and O–H groups in total. The van der Waals surface area contributed by atoms with Crippen LogP contribution in [0, 0.1) is 0 Å². The molecule has 0 saturated carbocycles. The first-order chi connectivity index (χ1) is 10.4. The second-order valence-electron chi connectivity index (χ2n) is 5.61. The van der Waals surface area contributed by atoms with Crippen molar-refractivity contribution in [2.45, 2.75) is 23.8 Å². The molecule has 4 rings (SSSR count). The molecule has 3 heterocycles. The number of pyridine rings is 1. The molecule has 1 aromatic carbocycles. The molecule has 2 aromatic rings. The van der Waals surface area contributed by atoms with Crippen LogP contribution in [-0.2, 0) is 0 Å². The van der Waals surface area contributed by atoms with E-state index in [0.29, 0.717) is 6.04 Å². The maximum Gasteiger partial charge on any atom is 0.151 e. The number of hydrogen-bond acceptors (Lipinski definition) is 4. The molecule has 1 atom stereocenters. The molecule has 4 heteroatoms. The average Bonchev–Trinajstić information content (AvgIpc) is 3.18. The molecule has 1 unspecified atom stereocenters. The van der Waals surface area contributed by atoms with Crippen LogP contribution in [-0.4, -0.2) is 23.8 Å². The summed E-state index contributed by atoms with van der Waals surface area (Å²) in [6.07, 6.45) is 4.45. The Bertz CT molecular complexity index is 637. The van der Waals surface area contributed by atoms with Gasteiger partial charge in [-0.25, -0.2) is 4.98 Å². The smallest absolute Gasteiger partial charge is 0.151 e. The Morgan fingerprint density at radius 1 is 1.10 bits per heavy atom. The molecule has 0 spiro atoms. The van der Waals surface area contributed by atoms with E-state index in [4.69, 9.17) is 0 Å². The molecule has 0 aliphatic carbocycles. The predicted octanol–water partition coefficient (Wildman–Crippen LogP) is 3.94. The SMILES string of the molecule is c1cnc(N2CCCC2)c(NC2CSc3ccccc32)c1. The zero-order valence-corrected chi connectivity index (χ0v) is 12.8. The van der Waals surface area contributed by atoms with Gasteiger partial charge in [-0.15, -0.1) is 11.8 Å². The summed E-state index contributed by atoms with van der Waals surface area (Å²) in [7, 11) is 0. The monoisotopic (exact) mass is 297 g/mol. The molecule has 108 valence electrons. The van der Waals surface area contributed by atoms with Crippen molar-refractivity contribution >= 4 is 23.3 Å². The summed E-state index contributed by atoms with van der Waals surface area (Å²) >= 11 is 1.94. The molecule has 2 aliphatic heterocycles. The van der Waals surface area contributed by atoms with E-state index in [1.165, 1.54) is 29.0 Å². The summed E-state index contributed by atoms with van der Waals surface area (Å²) < 4.78 is 0. The lowest BCUT2D eigenvalue weighted by Crippen LogP contribution is -2.21. The summed E-state index contributed by atoms with van der Waals surface area (Å²) in [5.41, 5.74) is 2.58. The van der Waals surface area contributed by atoms with Crippen molar-refractivity contribution in [2.75, 3.05) is 29.1 Å². The Labute approximate surface area is 129 Å². The first-order valence-corrected chi connectivity index (χ1v) is 8.58. The number of anilines is 2. The van der Waals surface area contributed by atoms with Crippen molar-refractivity contribution in [3.05, 3.63) is 48.2 Å². The second kappa shape index (κ2) is 5.60. The van der Waals surface area contributed by atoms with E-state index in [2.05, 4.69) is 45.5 Å². The molecule has 0 radical (unpaired) electrons. The predicted molar refractivity (Wildman–Crippen MR) is 89.2 cm³/mol. The van der Waals surface area contributed by atoms with Crippen LogP contribution in [0.1, 0.15) is 24.4 Å². The van der Waals surface area contributed by atoms with Crippen LogP contribution in [0.25, 0.3) is 0 Å². The third-order valence-corrected chi connectivity index (χ3v) is 5.40. The Morgan fingerprint density at radius 3 is 2.86 bits per heavy atom. The van der Waals surface area contributed by atoms with Crippen molar-refractivity contribution in [1.82, 2.24) is 4.98 Å². The highest BCUT2D eigenvalue weighted by atomic mass is 32.2. The fourth-order valence-corrected chi connectivity index (χ4v) is 4.32.